The Labute approximate surface area is 183 Å². The largest absolute Gasteiger partial charge is 0.450 e. The van der Waals surface area contributed by atoms with Crippen LogP contribution in [0.1, 0.15) is 31.9 Å². The van der Waals surface area contributed by atoms with Crippen molar-refractivity contribution in [1.82, 2.24) is 14.8 Å². The van der Waals surface area contributed by atoms with Crippen LogP contribution in [-0.4, -0.2) is 53.1 Å². The molecule has 1 aliphatic rings. The highest BCUT2D eigenvalue weighted by atomic mass is 35.5. The predicted molar refractivity (Wildman–Crippen MR) is 121 cm³/mol. The van der Waals surface area contributed by atoms with Crippen molar-refractivity contribution in [2.24, 2.45) is 0 Å². The van der Waals surface area contributed by atoms with E-state index in [0.29, 0.717) is 23.3 Å². The first-order chi connectivity index (χ1) is 14.4. The first kappa shape index (κ1) is 21.2. The highest BCUT2D eigenvalue weighted by molar-refractivity contribution is 6.31. The van der Waals surface area contributed by atoms with E-state index in [0.717, 1.165) is 44.7 Å². The first-order valence-electron chi connectivity index (χ1n) is 10.6. The van der Waals surface area contributed by atoms with Crippen molar-refractivity contribution in [3.8, 4) is 6.08 Å². The van der Waals surface area contributed by atoms with Crippen molar-refractivity contribution >= 4 is 22.7 Å². The number of oxazole rings is 1. The minimum atomic E-state index is 0.265. The van der Waals surface area contributed by atoms with Gasteiger partial charge in [-0.15, -0.1) is 0 Å². The van der Waals surface area contributed by atoms with Crippen LogP contribution < -0.4 is 4.74 Å². The van der Waals surface area contributed by atoms with Gasteiger partial charge in [0.15, 0.2) is 5.58 Å². The number of rotatable bonds is 6. The van der Waals surface area contributed by atoms with Crippen molar-refractivity contribution in [2.45, 2.75) is 39.3 Å². The third kappa shape index (κ3) is 5.34. The molecule has 0 bridgehead atoms. The number of piperazine rings is 1. The van der Waals surface area contributed by atoms with Crippen LogP contribution in [0.5, 0.6) is 6.08 Å². The summed E-state index contributed by atoms with van der Waals surface area (Å²) in [4.78, 5) is 9.44. The Bertz CT molecular complexity index is 970. The molecule has 1 fully saturated rings. The van der Waals surface area contributed by atoms with E-state index < -0.39 is 0 Å². The number of hydrogen-bond donors (Lipinski definition) is 0. The Morgan fingerprint density at radius 2 is 1.70 bits per heavy atom. The number of aromatic nitrogens is 1. The lowest BCUT2D eigenvalue weighted by Crippen LogP contribution is -2.53. The lowest BCUT2D eigenvalue weighted by atomic mass is 10.0. The molecule has 3 aromatic rings. The molecule has 0 atom stereocenters. The molecule has 0 N–H and O–H groups in total. The van der Waals surface area contributed by atoms with Gasteiger partial charge in [-0.05, 0) is 44.0 Å². The number of fused-ring (bicyclic) bond motifs is 1. The summed E-state index contributed by atoms with van der Waals surface area (Å²) in [6.07, 6.45) is 1.10. The molecule has 2 aromatic carbocycles. The maximum absolute atomic E-state index is 5.98. The SMILES string of the molecule is CC(C)(C)N1CCN(Cc2ccc(CCOc3nc4ccc(Cl)cc4o3)cc2)CC1. The van der Waals surface area contributed by atoms with Crippen LogP contribution in [-0.2, 0) is 13.0 Å². The van der Waals surface area contributed by atoms with Crippen molar-refractivity contribution in [1.29, 1.82) is 0 Å². The lowest BCUT2D eigenvalue weighted by Gasteiger charge is -2.42. The van der Waals surface area contributed by atoms with Crippen LogP contribution in [0.2, 0.25) is 5.02 Å². The lowest BCUT2D eigenvalue weighted by molar-refractivity contribution is 0.0591. The zero-order valence-corrected chi connectivity index (χ0v) is 18.8. The summed E-state index contributed by atoms with van der Waals surface area (Å²) in [6.45, 7) is 13.0. The summed E-state index contributed by atoms with van der Waals surface area (Å²) in [7, 11) is 0. The van der Waals surface area contributed by atoms with Gasteiger partial charge in [-0.1, -0.05) is 35.9 Å². The molecule has 0 aliphatic carbocycles. The summed E-state index contributed by atoms with van der Waals surface area (Å²) in [5, 5.41) is 0.626. The average Bonchev–Trinajstić information content (AvgIpc) is 3.11. The molecule has 1 saturated heterocycles. The molecule has 1 aliphatic heterocycles. The van der Waals surface area contributed by atoms with Crippen LogP contribution in [0.25, 0.3) is 11.1 Å². The standard InChI is InChI=1S/C24H30ClN3O2/c1-24(2,3)28-13-11-27(12-14-28)17-19-6-4-18(5-7-19)10-15-29-23-26-21-9-8-20(25)16-22(21)30-23/h4-9,16H,10-15,17H2,1-3H3. The summed E-state index contributed by atoms with van der Waals surface area (Å²) in [5.41, 5.74) is 4.27. The van der Waals surface area contributed by atoms with Crippen LogP contribution in [0.15, 0.2) is 46.9 Å². The fraction of sp³-hybridized carbons (Fsp3) is 0.458. The van der Waals surface area contributed by atoms with E-state index in [2.05, 4.69) is 59.8 Å². The highest BCUT2D eigenvalue weighted by Crippen LogP contribution is 2.24. The van der Waals surface area contributed by atoms with Crippen molar-refractivity contribution in [3.05, 3.63) is 58.6 Å². The third-order valence-corrected chi connectivity index (χ3v) is 5.93. The smallest absolute Gasteiger partial charge is 0.394 e. The van der Waals surface area contributed by atoms with Gasteiger partial charge in [-0.25, -0.2) is 0 Å². The predicted octanol–water partition coefficient (Wildman–Crippen LogP) is 5.02. The van der Waals surface area contributed by atoms with Gasteiger partial charge in [0, 0.05) is 55.8 Å². The molecule has 4 rings (SSSR count). The third-order valence-electron chi connectivity index (χ3n) is 5.70. The van der Waals surface area contributed by atoms with Crippen molar-refractivity contribution < 1.29 is 9.15 Å². The van der Waals surface area contributed by atoms with Gasteiger partial charge in [0.1, 0.15) is 5.52 Å². The van der Waals surface area contributed by atoms with Crippen LogP contribution in [0, 0.1) is 0 Å². The molecule has 2 heterocycles. The molecule has 0 radical (unpaired) electrons. The molecule has 0 amide bonds. The second kappa shape index (κ2) is 8.96. The van der Waals surface area contributed by atoms with Gasteiger partial charge in [-0.3, -0.25) is 9.80 Å². The van der Waals surface area contributed by atoms with Crippen LogP contribution >= 0.6 is 11.6 Å². The van der Waals surface area contributed by atoms with Gasteiger partial charge in [0.05, 0.1) is 6.61 Å². The maximum Gasteiger partial charge on any atom is 0.394 e. The van der Waals surface area contributed by atoms with E-state index in [1.54, 1.807) is 12.1 Å². The molecule has 30 heavy (non-hydrogen) atoms. The fourth-order valence-corrected chi connectivity index (χ4v) is 4.00. The second-order valence-electron chi connectivity index (χ2n) is 8.94. The van der Waals surface area contributed by atoms with Gasteiger partial charge in [-0.2, -0.15) is 4.98 Å². The van der Waals surface area contributed by atoms with Gasteiger partial charge in [0.25, 0.3) is 0 Å². The topological polar surface area (TPSA) is 41.7 Å². The summed E-state index contributed by atoms with van der Waals surface area (Å²) in [5.74, 6) is 0. The van der Waals surface area contributed by atoms with E-state index in [1.165, 1.54) is 11.1 Å². The van der Waals surface area contributed by atoms with Gasteiger partial charge >= 0.3 is 6.08 Å². The zero-order valence-electron chi connectivity index (χ0n) is 18.0. The van der Waals surface area contributed by atoms with E-state index in [1.807, 2.05) is 6.07 Å². The average molecular weight is 428 g/mol. The Kier molecular flexibility index (Phi) is 6.32. The number of nitrogens with zero attached hydrogens (tertiary/aromatic N) is 3. The molecule has 6 heteroatoms. The Morgan fingerprint density at radius 3 is 2.40 bits per heavy atom. The molecule has 1 aromatic heterocycles. The fourth-order valence-electron chi connectivity index (χ4n) is 3.84. The van der Waals surface area contributed by atoms with E-state index in [-0.39, 0.29) is 5.54 Å². The molecular weight excluding hydrogens is 398 g/mol. The van der Waals surface area contributed by atoms with Crippen molar-refractivity contribution in [2.75, 3.05) is 32.8 Å². The molecular formula is C24H30ClN3O2. The zero-order chi connectivity index (χ0) is 21.1. The Balaban J connectivity index is 1.24. The molecule has 5 nitrogen and oxygen atoms in total. The van der Waals surface area contributed by atoms with E-state index in [4.69, 9.17) is 20.8 Å². The minimum absolute atomic E-state index is 0.265. The Hall–Kier alpha value is -2.08. The number of ether oxygens (including phenoxy) is 1. The molecule has 0 saturated carbocycles. The summed E-state index contributed by atoms with van der Waals surface area (Å²) >= 11 is 5.98. The van der Waals surface area contributed by atoms with Gasteiger partial charge < -0.3 is 9.15 Å². The van der Waals surface area contributed by atoms with Gasteiger partial charge in [0.2, 0.25) is 0 Å². The van der Waals surface area contributed by atoms with Crippen molar-refractivity contribution in [3.63, 3.8) is 0 Å². The number of halogens is 1. The normalized spacial score (nSPS) is 16.3. The molecule has 160 valence electrons. The van der Waals surface area contributed by atoms with Crippen LogP contribution in [0.3, 0.4) is 0 Å². The van der Waals surface area contributed by atoms with Crippen LogP contribution in [0.4, 0.5) is 0 Å². The highest BCUT2D eigenvalue weighted by Gasteiger charge is 2.25. The number of benzene rings is 2. The molecule has 0 spiro atoms. The quantitative estimate of drug-likeness (QED) is 0.552. The van der Waals surface area contributed by atoms with E-state index in [9.17, 15) is 0 Å². The monoisotopic (exact) mass is 427 g/mol. The second-order valence-corrected chi connectivity index (χ2v) is 9.38. The van der Waals surface area contributed by atoms with E-state index >= 15 is 0 Å². The minimum Gasteiger partial charge on any atom is -0.450 e. The maximum atomic E-state index is 5.98. The number of hydrogen-bond acceptors (Lipinski definition) is 5. The summed E-state index contributed by atoms with van der Waals surface area (Å²) in [6, 6.07) is 14.2. The Morgan fingerprint density at radius 1 is 1.00 bits per heavy atom. The molecule has 0 unspecified atom stereocenters. The first-order valence-corrected chi connectivity index (χ1v) is 11.0. The summed E-state index contributed by atoms with van der Waals surface area (Å²) < 4.78 is 11.3.